The van der Waals surface area contributed by atoms with Crippen molar-refractivity contribution in [3.63, 3.8) is 0 Å². The van der Waals surface area contributed by atoms with Gasteiger partial charge in [0.2, 0.25) is 5.79 Å². The van der Waals surface area contributed by atoms with E-state index in [4.69, 9.17) is 14.2 Å². The van der Waals surface area contributed by atoms with Gasteiger partial charge in [-0.15, -0.1) is 13.2 Å². The summed E-state index contributed by atoms with van der Waals surface area (Å²) >= 11 is 0. The van der Waals surface area contributed by atoms with Gasteiger partial charge in [0, 0.05) is 13.8 Å². The third-order valence-electron chi connectivity index (χ3n) is 7.22. The second kappa shape index (κ2) is 9.68. The van der Waals surface area contributed by atoms with Crippen molar-refractivity contribution in [1.29, 1.82) is 0 Å². The molecule has 0 aliphatic heterocycles. The van der Waals surface area contributed by atoms with E-state index in [1.165, 1.54) is 19.3 Å². The maximum atomic E-state index is 13.0. The normalized spacial score (nSPS) is 27.7. The lowest BCUT2D eigenvalue weighted by atomic mass is 9.50. The quantitative estimate of drug-likeness (QED) is 0.242. The van der Waals surface area contributed by atoms with E-state index in [1.54, 1.807) is 13.8 Å². The predicted molar refractivity (Wildman–Crippen MR) is 119 cm³/mol. The number of carbonyl (C=O) groups excluding carboxylic acids is 1. The molecule has 0 N–H and O–H groups in total. The summed E-state index contributed by atoms with van der Waals surface area (Å²) in [4.78, 5) is 12.3. The van der Waals surface area contributed by atoms with Crippen molar-refractivity contribution in [3.8, 4) is 11.5 Å². The van der Waals surface area contributed by atoms with Crippen molar-refractivity contribution in [3.05, 3.63) is 23.8 Å². The molecule has 4 bridgehead atoms. The summed E-state index contributed by atoms with van der Waals surface area (Å²) in [7, 11) is -4.60. The van der Waals surface area contributed by atoms with Crippen molar-refractivity contribution in [2.75, 3.05) is 19.0 Å². The van der Waals surface area contributed by atoms with Crippen molar-refractivity contribution in [1.82, 2.24) is 0 Å². The van der Waals surface area contributed by atoms with E-state index in [0.29, 0.717) is 24.4 Å². The molecule has 1 aromatic rings. The minimum Gasteiger partial charge on any atom is -0.748 e. The first-order valence-corrected chi connectivity index (χ1v) is 13.5. The van der Waals surface area contributed by atoms with Crippen LogP contribution in [0, 0.1) is 23.2 Å². The lowest BCUT2D eigenvalue weighted by Gasteiger charge is -2.57. The first-order chi connectivity index (χ1) is 16.6. The maximum Gasteiger partial charge on any atom is 0.573 e. The van der Waals surface area contributed by atoms with Gasteiger partial charge in [0.15, 0.2) is 11.5 Å². The maximum absolute atomic E-state index is 13.0. The fraction of sp³-hybridized carbons (Fsp3) is 0.708. The molecule has 0 amide bonds. The SMILES string of the molecule is CC(C)(OCC12CC3CC(CC(C3)C1)C2)Oc1cc(C(=O)OCCS(=O)(=O)[O-])ccc1OC(F)(F)F. The molecule has 0 radical (unpaired) electrons. The number of carbonyl (C=O) groups is 1. The van der Waals surface area contributed by atoms with E-state index in [2.05, 4.69) is 4.74 Å². The van der Waals surface area contributed by atoms with Crippen LogP contribution in [0.3, 0.4) is 0 Å². The topological polar surface area (TPSA) is 111 Å². The van der Waals surface area contributed by atoms with Crippen molar-refractivity contribution < 1.29 is 49.9 Å². The van der Waals surface area contributed by atoms with Crippen LogP contribution < -0.4 is 9.47 Å². The summed E-state index contributed by atoms with van der Waals surface area (Å²) in [6.45, 7) is 2.88. The fourth-order valence-corrected chi connectivity index (χ4v) is 6.62. The Kier molecular flexibility index (Phi) is 7.26. The van der Waals surface area contributed by atoms with Gasteiger partial charge in [-0.3, -0.25) is 0 Å². The number of ether oxygens (including phenoxy) is 4. The molecule has 202 valence electrons. The monoisotopic (exact) mass is 535 g/mol. The molecule has 1 aromatic carbocycles. The van der Waals surface area contributed by atoms with E-state index < -0.39 is 52.1 Å². The average molecular weight is 536 g/mol. The molecule has 4 fully saturated rings. The molecule has 0 aromatic heterocycles. The van der Waals surface area contributed by atoms with Crippen LogP contribution in [0.25, 0.3) is 0 Å². The van der Waals surface area contributed by atoms with Gasteiger partial charge in [0.05, 0.1) is 28.0 Å². The second-order valence-corrected chi connectivity index (χ2v) is 12.3. The number of benzene rings is 1. The van der Waals surface area contributed by atoms with Gasteiger partial charge < -0.3 is 23.5 Å². The number of esters is 1. The number of rotatable bonds is 10. The smallest absolute Gasteiger partial charge is 0.573 e. The highest BCUT2D eigenvalue weighted by Gasteiger charge is 2.51. The van der Waals surface area contributed by atoms with E-state index >= 15 is 0 Å². The summed E-state index contributed by atoms with van der Waals surface area (Å²) < 4.78 is 91.7. The van der Waals surface area contributed by atoms with Gasteiger partial charge in [-0.05, 0) is 79.9 Å². The van der Waals surface area contributed by atoms with Gasteiger partial charge in [-0.2, -0.15) is 0 Å². The van der Waals surface area contributed by atoms with E-state index in [9.17, 15) is 30.9 Å². The molecule has 0 unspecified atom stereocenters. The molecule has 0 spiro atoms. The number of hydrogen-bond donors (Lipinski definition) is 0. The zero-order chi connectivity index (χ0) is 26.4. The van der Waals surface area contributed by atoms with Crippen LogP contribution in [-0.4, -0.2) is 50.1 Å². The van der Waals surface area contributed by atoms with Crippen LogP contribution in [-0.2, 0) is 19.6 Å². The molecule has 12 heteroatoms. The molecule has 4 aliphatic carbocycles. The Bertz CT molecular complexity index is 1050. The number of alkyl halides is 3. The van der Waals surface area contributed by atoms with Gasteiger partial charge >= 0.3 is 12.3 Å². The van der Waals surface area contributed by atoms with Gasteiger partial charge in [-0.1, -0.05) is 0 Å². The predicted octanol–water partition coefficient (Wildman–Crippen LogP) is 4.64. The second-order valence-electron chi connectivity index (χ2n) is 10.8. The third-order valence-corrected chi connectivity index (χ3v) is 7.89. The minimum absolute atomic E-state index is 0.0498. The molecule has 36 heavy (non-hydrogen) atoms. The molecule has 0 heterocycles. The van der Waals surface area contributed by atoms with Crippen molar-refractivity contribution in [2.45, 2.75) is 64.5 Å². The van der Waals surface area contributed by atoms with E-state index in [1.807, 2.05) is 0 Å². The summed E-state index contributed by atoms with van der Waals surface area (Å²) in [5.74, 6) is -2.26. The molecular weight excluding hydrogens is 505 g/mol. The summed E-state index contributed by atoms with van der Waals surface area (Å²) in [5.41, 5.74) is -0.159. The van der Waals surface area contributed by atoms with E-state index in [-0.39, 0.29) is 11.0 Å². The van der Waals surface area contributed by atoms with Gasteiger partial charge in [0.25, 0.3) is 0 Å². The standard InChI is InChI=1S/C24H31F3O8S/c1-22(2,33-14-23-11-15-7-16(12-23)9-17(8-15)13-23)34-20-10-18(3-4-19(20)35-24(25,26)27)21(28)32-5-6-36(29,30)31/h3-4,10,15-17H,5-9,11-14H2,1-2H3,(H,29,30,31)/p-1. The van der Waals surface area contributed by atoms with Crippen LogP contribution in [0.15, 0.2) is 18.2 Å². The first kappa shape index (κ1) is 27.0. The fourth-order valence-electron chi connectivity index (χ4n) is 6.33. The summed E-state index contributed by atoms with van der Waals surface area (Å²) in [6.07, 6.45) is 2.03. The molecule has 8 nitrogen and oxygen atoms in total. The molecular formula is C24H30F3O8S-. The first-order valence-electron chi connectivity index (χ1n) is 11.9. The molecule has 5 rings (SSSR count). The largest absolute Gasteiger partial charge is 0.748 e. The Balaban J connectivity index is 1.46. The Morgan fingerprint density at radius 3 is 2.14 bits per heavy atom. The van der Waals surface area contributed by atoms with Crippen molar-refractivity contribution in [2.24, 2.45) is 23.2 Å². The van der Waals surface area contributed by atoms with Crippen LogP contribution in [0.4, 0.5) is 13.2 Å². The summed E-state index contributed by atoms with van der Waals surface area (Å²) in [5, 5.41) is 0. The highest BCUT2D eigenvalue weighted by Crippen LogP contribution is 2.60. The van der Waals surface area contributed by atoms with Crippen LogP contribution in [0.1, 0.15) is 62.7 Å². The van der Waals surface area contributed by atoms with Crippen LogP contribution >= 0.6 is 0 Å². The third kappa shape index (κ3) is 7.04. The van der Waals surface area contributed by atoms with Crippen molar-refractivity contribution >= 4 is 16.1 Å². The molecule has 4 aliphatic rings. The molecule has 4 saturated carbocycles. The van der Waals surface area contributed by atoms with E-state index in [0.717, 1.165) is 37.5 Å². The zero-order valence-electron chi connectivity index (χ0n) is 20.1. The summed E-state index contributed by atoms with van der Waals surface area (Å²) in [6, 6.07) is 2.93. The van der Waals surface area contributed by atoms with Crippen LogP contribution in [0.2, 0.25) is 0 Å². The minimum atomic E-state index is -5.01. The lowest BCUT2D eigenvalue weighted by molar-refractivity contribution is -0.276. The van der Waals surface area contributed by atoms with Gasteiger partial charge in [0.1, 0.15) is 6.61 Å². The zero-order valence-corrected chi connectivity index (χ0v) is 21.0. The highest BCUT2D eigenvalue weighted by atomic mass is 32.2. The van der Waals surface area contributed by atoms with Gasteiger partial charge in [-0.25, -0.2) is 13.2 Å². The number of hydrogen-bond acceptors (Lipinski definition) is 8. The Morgan fingerprint density at radius 2 is 1.61 bits per heavy atom. The highest BCUT2D eigenvalue weighted by molar-refractivity contribution is 7.85. The Labute approximate surface area is 208 Å². The molecule has 0 saturated heterocycles. The lowest BCUT2D eigenvalue weighted by Crippen LogP contribution is -2.49. The average Bonchev–Trinajstić information content (AvgIpc) is 2.71. The number of halogens is 3. The van der Waals surface area contributed by atoms with Crippen LogP contribution in [0.5, 0.6) is 11.5 Å². The Morgan fingerprint density at radius 1 is 1.03 bits per heavy atom. The molecule has 0 atom stereocenters. The Hall–Kier alpha value is -2.05.